The average Bonchev–Trinajstić information content (AvgIpc) is 3.03. The molecule has 1 N–H and O–H groups in total. The molecule has 1 aliphatic rings. The first-order valence-electron chi connectivity index (χ1n) is 8.21. The molecule has 1 aromatic carbocycles. The summed E-state index contributed by atoms with van der Waals surface area (Å²) in [6.45, 7) is 3.00. The first-order chi connectivity index (χ1) is 11.3. The van der Waals surface area contributed by atoms with Crippen LogP contribution in [0.15, 0.2) is 23.6 Å². The van der Waals surface area contributed by atoms with Gasteiger partial charge in [-0.15, -0.1) is 11.3 Å². The quantitative estimate of drug-likeness (QED) is 0.813. The zero-order valence-electron chi connectivity index (χ0n) is 13.4. The fourth-order valence-corrected chi connectivity index (χ4v) is 3.58. The third-order valence-electron chi connectivity index (χ3n) is 4.07. The van der Waals surface area contributed by atoms with Crippen LogP contribution in [0.3, 0.4) is 0 Å². The van der Waals surface area contributed by atoms with Crippen LogP contribution in [0.25, 0.3) is 11.3 Å². The molecular weight excluding hydrogens is 308 g/mol. The van der Waals surface area contributed by atoms with E-state index in [1.165, 1.54) is 41.7 Å². The van der Waals surface area contributed by atoms with Crippen LogP contribution < -0.4 is 5.32 Å². The van der Waals surface area contributed by atoms with Crippen LogP contribution in [0, 0.1) is 0 Å². The lowest BCUT2D eigenvalue weighted by Crippen LogP contribution is -2.13. The highest BCUT2D eigenvalue weighted by Gasteiger charge is 2.12. The normalized spacial score (nSPS) is 13.6. The smallest absolute Gasteiger partial charge is 0.228 e. The monoisotopic (exact) mass is 330 g/mol. The maximum absolute atomic E-state index is 11.8. The molecule has 23 heavy (non-hydrogen) atoms. The van der Waals surface area contributed by atoms with E-state index in [1.54, 1.807) is 0 Å². The second kappa shape index (κ2) is 7.70. The SMILES string of the molecule is CCOCCC(=O)Nc1nc(-c2ccc3c(c2)CCCC3)cs1. The number of nitrogens with zero attached hydrogens (tertiary/aromatic N) is 1. The van der Waals surface area contributed by atoms with E-state index in [-0.39, 0.29) is 5.91 Å². The Morgan fingerprint density at radius 2 is 2.13 bits per heavy atom. The molecule has 5 heteroatoms. The Morgan fingerprint density at radius 1 is 1.30 bits per heavy atom. The van der Waals surface area contributed by atoms with Gasteiger partial charge in [0.2, 0.25) is 5.91 Å². The number of thiazole rings is 1. The van der Waals surface area contributed by atoms with Crippen LogP contribution in [0.5, 0.6) is 0 Å². The van der Waals surface area contributed by atoms with Gasteiger partial charge < -0.3 is 10.1 Å². The molecule has 0 saturated heterocycles. The van der Waals surface area contributed by atoms with Crippen molar-refractivity contribution >= 4 is 22.4 Å². The van der Waals surface area contributed by atoms with E-state index in [1.807, 2.05) is 12.3 Å². The maximum Gasteiger partial charge on any atom is 0.228 e. The first kappa shape index (κ1) is 16.1. The second-order valence-corrected chi connectivity index (χ2v) is 6.58. The number of anilines is 1. The number of ether oxygens (including phenoxy) is 1. The molecule has 0 unspecified atom stereocenters. The van der Waals surface area contributed by atoms with Crippen molar-refractivity contribution in [3.05, 3.63) is 34.7 Å². The number of benzene rings is 1. The van der Waals surface area contributed by atoms with E-state index in [0.29, 0.717) is 24.8 Å². The van der Waals surface area contributed by atoms with Crippen molar-refractivity contribution in [2.45, 2.75) is 39.0 Å². The summed E-state index contributed by atoms with van der Waals surface area (Å²) in [5.41, 5.74) is 4.99. The van der Waals surface area contributed by atoms with Gasteiger partial charge in [0.15, 0.2) is 5.13 Å². The van der Waals surface area contributed by atoms with Crippen molar-refractivity contribution in [3.63, 3.8) is 0 Å². The van der Waals surface area contributed by atoms with Crippen LogP contribution in [0.4, 0.5) is 5.13 Å². The summed E-state index contributed by atoms with van der Waals surface area (Å²) in [4.78, 5) is 16.3. The number of amides is 1. The van der Waals surface area contributed by atoms with Gasteiger partial charge in [-0.1, -0.05) is 12.1 Å². The molecule has 0 saturated carbocycles. The Hall–Kier alpha value is -1.72. The van der Waals surface area contributed by atoms with E-state index < -0.39 is 0 Å². The predicted octanol–water partition coefficient (Wildman–Crippen LogP) is 4.05. The third kappa shape index (κ3) is 4.18. The summed E-state index contributed by atoms with van der Waals surface area (Å²) in [5, 5.41) is 5.50. The summed E-state index contributed by atoms with van der Waals surface area (Å²) in [6.07, 6.45) is 5.28. The Balaban J connectivity index is 1.66. The molecule has 1 aliphatic carbocycles. The maximum atomic E-state index is 11.8. The number of fused-ring (bicyclic) bond motifs is 1. The molecule has 1 aromatic heterocycles. The zero-order valence-corrected chi connectivity index (χ0v) is 14.2. The molecule has 0 radical (unpaired) electrons. The van der Waals surface area contributed by atoms with Crippen molar-refractivity contribution in [2.75, 3.05) is 18.5 Å². The molecule has 0 atom stereocenters. The molecule has 1 amide bonds. The summed E-state index contributed by atoms with van der Waals surface area (Å²) in [5.74, 6) is -0.0511. The lowest BCUT2D eigenvalue weighted by atomic mass is 9.90. The number of aryl methyl sites for hydroxylation is 2. The Kier molecular flexibility index (Phi) is 5.41. The van der Waals surface area contributed by atoms with Gasteiger partial charge >= 0.3 is 0 Å². The van der Waals surface area contributed by atoms with Crippen molar-refractivity contribution in [1.82, 2.24) is 4.98 Å². The highest BCUT2D eigenvalue weighted by atomic mass is 32.1. The Labute approximate surface area is 140 Å². The molecule has 0 bridgehead atoms. The van der Waals surface area contributed by atoms with Gasteiger partial charge in [0.05, 0.1) is 18.7 Å². The van der Waals surface area contributed by atoms with Crippen molar-refractivity contribution in [3.8, 4) is 11.3 Å². The number of nitrogens with one attached hydrogen (secondary N) is 1. The largest absolute Gasteiger partial charge is 0.381 e. The molecule has 1 heterocycles. The minimum absolute atomic E-state index is 0.0511. The van der Waals surface area contributed by atoms with E-state index in [0.717, 1.165) is 17.7 Å². The Morgan fingerprint density at radius 3 is 2.96 bits per heavy atom. The van der Waals surface area contributed by atoms with Crippen molar-refractivity contribution in [2.24, 2.45) is 0 Å². The van der Waals surface area contributed by atoms with E-state index in [4.69, 9.17) is 4.74 Å². The van der Waals surface area contributed by atoms with Gasteiger partial charge in [-0.05, 0) is 49.8 Å². The number of hydrogen-bond acceptors (Lipinski definition) is 4. The summed E-state index contributed by atoms with van der Waals surface area (Å²) in [7, 11) is 0. The molecule has 122 valence electrons. The fourth-order valence-electron chi connectivity index (χ4n) is 2.85. The third-order valence-corrected chi connectivity index (χ3v) is 4.83. The van der Waals surface area contributed by atoms with Crippen LogP contribution >= 0.6 is 11.3 Å². The van der Waals surface area contributed by atoms with Crippen LogP contribution in [-0.4, -0.2) is 24.1 Å². The lowest BCUT2D eigenvalue weighted by Gasteiger charge is -2.16. The summed E-state index contributed by atoms with van der Waals surface area (Å²) >= 11 is 1.47. The number of hydrogen-bond donors (Lipinski definition) is 1. The second-order valence-electron chi connectivity index (χ2n) is 5.72. The number of aromatic nitrogens is 1. The summed E-state index contributed by atoms with van der Waals surface area (Å²) in [6, 6.07) is 6.62. The highest BCUT2D eigenvalue weighted by molar-refractivity contribution is 7.14. The van der Waals surface area contributed by atoms with Crippen LogP contribution in [0.1, 0.15) is 37.3 Å². The summed E-state index contributed by atoms with van der Waals surface area (Å²) < 4.78 is 5.19. The van der Waals surface area contributed by atoms with E-state index in [9.17, 15) is 4.79 Å². The van der Waals surface area contributed by atoms with E-state index in [2.05, 4.69) is 28.5 Å². The highest BCUT2D eigenvalue weighted by Crippen LogP contribution is 2.29. The first-order valence-corrected chi connectivity index (χ1v) is 9.09. The van der Waals surface area contributed by atoms with Gasteiger partial charge in [-0.3, -0.25) is 4.79 Å². The van der Waals surface area contributed by atoms with Crippen LogP contribution in [0.2, 0.25) is 0 Å². The van der Waals surface area contributed by atoms with E-state index >= 15 is 0 Å². The lowest BCUT2D eigenvalue weighted by molar-refractivity contribution is -0.117. The molecular formula is C18H22N2O2S. The number of carbonyl (C=O) groups is 1. The molecule has 4 nitrogen and oxygen atoms in total. The van der Waals surface area contributed by atoms with Gasteiger partial charge in [0.1, 0.15) is 0 Å². The van der Waals surface area contributed by atoms with Gasteiger partial charge in [-0.25, -0.2) is 4.98 Å². The number of carbonyl (C=O) groups excluding carboxylic acids is 1. The molecule has 2 aromatic rings. The Bertz CT molecular complexity index is 681. The van der Waals surface area contributed by atoms with Crippen molar-refractivity contribution < 1.29 is 9.53 Å². The van der Waals surface area contributed by atoms with Gasteiger partial charge in [-0.2, -0.15) is 0 Å². The molecule has 0 aliphatic heterocycles. The fraction of sp³-hybridized carbons (Fsp3) is 0.444. The van der Waals surface area contributed by atoms with Crippen LogP contribution in [-0.2, 0) is 22.4 Å². The average molecular weight is 330 g/mol. The predicted molar refractivity (Wildman–Crippen MR) is 93.9 cm³/mol. The van der Waals surface area contributed by atoms with Gasteiger partial charge in [0.25, 0.3) is 0 Å². The van der Waals surface area contributed by atoms with Crippen molar-refractivity contribution in [1.29, 1.82) is 0 Å². The standard InChI is InChI=1S/C18H22N2O2S/c1-2-22-10-9-17(21)20-18-19-16(12-23-18)15-8-7-13-5-3-4-6-14(13)11-15/h7-8,11-12H,2-6,9-10H2,1H3,(H,19,20,21). The minimum Gasteiger partial charge on any atom is -0.381 e. The molecule has 0 spiro atoms. The molecule has 0 fully saturated rings. The topological polar surface area (TPSA) is 51.2 Å². The number of rotatable bonds is 6. The molecule has 3 rings (SSSR count). The zero-order chi connectivity index (χ0) is 16.1. The minimum atomic E-state index is -0.0511. The van der Waals surface area contributed by atoms with Gasteiger partial charge in [0, 0.05) is 17.6 Å².